The van der Waals surface area contributed by atoms with E-state index < -0.39 is 0 Å². The Labute approximate surface area is 143 Å². The third-order valence-electron chi connectivity index (χ3n) is 4.38. The molecule has 0 bridgehead atoms. The van der Waals surface area contributed by atoms with Crippen LogP contribution in [0.5, 0.6) is 0 Å². The van der Waals surface area contributed by atoms with Crippen molar-refractivity contribution in [3.05, 3.63) is 52.5 Å². The van der Waals surface area contributed by atoms with Gasteiger partial charge in [-0.15, -0.1) is 11.3 Å². The van der Waals surface area contributed by atoms with E-state index in [0.29, 0.717) is 0 Å². The zero-order valence-corrected chi connectivity index (χ0v) is 14.8. The molecular formula is C20H26N2S. The van der Waals surface area contributed by atoms with E-state index in [4.69, 9.17) is 4.98 Å². The fourth-order valence-corrected chi connectivity index (χ4v) is 3.83. The largest absolute Gasteiger partial charge is 0.328 e. The van der Waals surface area contributed by atoms with Gasteiger partial charge in [-0.3, -0.25) is 0 Å². The molecule has 0 radical (unpaired) electrons. The predicted molar refractivity (Wildman–Crippen MR) is 100 cm³/mol. The maximum Gasteiger partial charge on any atom is 0.115 e. The third kappa shape index (κ3) is 4.23. The minimum absolute atomic E-state index is 0.947. The molecular weight excluding hydrogens is 300 g/mol. The van der Waals surface area contributed by atoms with E-state index in [9.17, 15) is 0 Å². The van der Waals surface area contributed by atoms with Gasteiger partial charge >= 0.3 is 0 Å². The minimum Gasteiger partial charge on any atom is -0.328 e. The number of hydrogen-bond acceptors (Lipinski definition) is 2. The van der Waals surface area contributed by atoms with Gasteiger partial charge in [-0.25, -0.2) is 4.98 Å². The highest BCUT2D eigenvalue weighted by Gasteiger charge is 2.11. The van der Waals surface area contributed by atoms with Gasteiger partial charge in [0.1, 0.15) is 5.82 Å². The van der Waals surface area contributed by atoms with E-state index in [2.05, 4.69) is 53.3 Å². The van der Waals surface area contributed by atoms with Crippen LogP contribution >= 0.6 is 11.3 Å². The molecule has 0 unspecified atom stereocenters. The Morgan fingerprint density at radius 2 is 1.78 bits per heavy atom. The minimum atomic E-state index is 0.947. The summed E-state index contributed by atoms with van der Waals surface area (Å²) in [5.41, 5.74) is 2.41. The van der Waals surface area contributed by atoms with Crippen LogP contribution < -0.4 is 0 Å². The van der Waals surface area contributed by atoms with Crippen molar-refractivity contribution in [3.8, 4) is 0 Å². The molecule has 0 spiro atoms. The molecule has 122 valence electrons. The van der Waals surface area contributed by atoms with Crippen molar-refractivity contribution in [3.63, 3.8) is 0 Å². The maximum absolute atomic E-state index is 4.89. The summed E-state index contributed by atoms with van der Waals surface area (Å²) in [6.07, 6.45) is 8.95. The lowest BCUT2D eigenvalue weighted by molar-refractivity contribution is 0.555. The molecule has 1 aromatic carbocycles. The fourth-order valence-electron chi connectivity index (χ4n) is 3.13. The molecule has 2 heterocycles. The van der Waals surface area contributed by atoms with Crippen LogP contribution in [0.3, 0.4) is 0 Å². The Bertz CT molecular complexity index is 712. The summed E-state index contributed by atoms with van der Waals surface area (Å²) < 4.78 is 2.44. The lowest BCUT2D eigenvalue weighted by Crippen LogP contribution is -2.04. The number of hydrogen-bond donors (Lipinski definition) is 0. The number of para-hydroxylation sites is 2. The van der Waals surface area contributed by atoms with Crippen LogP contribution in [0.1, 0.15) is 56.2 Å². The Morgan fingerprint density at radius 3 is 2.61 bits per heavy atom. The van der Waals surface area contributed by atoms with Gasteiger partial charge in [0.25, 0.3) is 0 Å². The van der Waals surface area contributed by atoms with Gasteiger partial charge in [-0.2, -0.15) is 0 Å². The first kappa shape index (κ1) is 16.3. The van der Waals surface area contributed by atoms with Crippen LogP contribution in [0.25, 0.3) is 11.0 Å². The number of fused-ring (bicyclic) bond motifs is 1. The highest BCUT2D eigenvalue weighted by Crippen LogP contribution is 2.21. The molecule has 0 atom stereocenters. The Balaban J connectivity index is 1.71. The molecule has 0 fully saturated rings. The Kier molecular flexibility index (Phi) is 5.87. The second kappa shape index (κ2) is 8.30. The predicted octanol–water partition coefficient (Wildman–Crippen LogP) is 6.05. The van der Waals surface area contributed by atoms with Crippen molar-refractivity contribution in [1.82, 2.24) is 9.55 Å². The molecule has 23 heavy (non-hydrogen) atoms. The molecule has 2 nitrogen and oxygen atoms in total. The van der Waals surface area contributed by atoms with Gasteiger partial charge in [0.2, 0.25) is 0 Å². The summed E-state index contributed by atoms with van der Waals surface area (Å²) in [6, 6.07) is 12.9. The number of nitrogens with zero attached hydrogens (tertiary/aromatic N) is 2. The standard InChI is InChI=1S/C20H26N2S/c1-2-3-4-5-6-9-14-22-19-13-8-7-12-18(19)21-20(22)16-17-11-10-15-23-17/h7-8,10-13,15H,2-6,9,14,16H2,1H3. The smallest absolute Gasteiger partial charge is 0.115 e. The van der Waals surface area contributed by atoms with Crippen LogP contribution in [0.4, 0.5) is 0 Å². The number of imidazole rings is 1. The van der Waals surface area contributed by atoms with Gasteiger partial charge in [-0.1, -0.05) is 57.2 Å². The number of aromatic nitrogens is 2. The summed E-state index contributed by atoms with van der Waals surface area (Å²) in [6.45, 7) is 3.36. The molecule has 3 heteroatoms. The summed E-state index contributed by atoms with van der Waals surface area (Å²) >= 11 is 1.82. The van der Waals surface area contributed by atoms with E-state index in [1.165, 1.54) is 54.7 Å². The Hall–Kier alpha value is -1.61. The van der Waals surface area contributed by atoms with Crippen molar-refractivity contribution < 1.29 is 0 Å². The third-order valence-corrected chi connectivity index (χ3v) is 5.26. The summed E-state index contributed by atoms with van der Waals surface area (Å²) in [5.74, 6) is 1.21. The monoisotopic (exact) mass is 326 g/mol. The zero-order valence-electron chi connectivity index (χ0n) is 14.0. The van der Waals surface area contributed by atoms with Gasteiger partial charge in [0, 0.05) is 17.8 Å². The molecule has 0 saturated carbocycles. The van der Waals surface area contributed by atoms with E-state index in [0.717, 1.165) is 18.5 Å². The molecule has 0 aliphatic rings. The van der Waals surface area contributed by atoms with Crippen molar-refractivity contribution in [2.45, 2.75) is 58.4 Å². The highest BCUT2D eigenvalue weighted by atomic mass is 32.1. The fraction of sp³-hybridized carbons (Fsp3) is 0.450. The highest BCUT2D eigenvalue weighted by molar-refractivity contribution is 7.09. The first-order valence-corrected chi connectivity index (χ1v) is 9.73. The molecule has 0 aliphatic carbocycles. The van der Waals surface area contributed by atoms with Gasteiger partial charge < -0.3 is 4.57 Å². The second-order valence-electron chi connectivity index (χ2n) is 6.19. The molecule has 2 aromatic heterocycles. The van der Waals surface area contributed by atoms with Crippen LogP contribution in [-0.2, 0) is 13.0 Å². The van der Waals surface area contributed by atoms with E-state index in [1.54, 1.807) is 0 Å². The quantitative estimate of drug-likeness (QED) is 0.438. The van der Waals surface area contributed by atoms with Gasteiger partial charge in [0.15, 0.2) is 0 Å². The van der Waals surface area contributed by atoms with Crippen molar-refractivity contribution in [2.75, 3.05) is 0 Å². The van der Waals surface area contributed by atoms with Crippen molar-refractivity contribution in [1.29, 1.82) is 0 Å². The zero-order chi connectivity index (χ0) is 15.9. The summed E-state index contributed by atoms with van der Waals surface area (Å²) in [5, 5.41) is 2.15. The molecule has 3 aromatic rings. The number of benzene rings is 1. The Morgan fingerprint density at radius 1 is 0.957 bits per heavy atom. The van der Waals surface area contributed by atoms with Gasteiger partial charge in [0.05, 0.1) is 11.0 Å². The van der Waals surface area contributed by atoms with Gasteiger partial charge in [-0.05, 0) is 30.0 Å². The number of unbranched alkanes of at least 4 members (excludes halogenated alkanes) is 5. The SMILES string of the molecule is CCCCCCCCn1c(Cc2cccs2)nc2ccccc21. The lowest BCUT2D eigenvalue weighted by atomic mass is 10.1. The van der Waals surface area contributed by atoms with Crippen LogP contribution in [-0.4, -0.2) is 9.55 Å². The number of aryl methyl sites for hydroxylation is 1. The average molecular weight is 327 g/mol. The molecule has 0 saturated heterocycles. The molecule has 0 amide bonds. The topological polar surface area (TPSA) is 17.8 Å². The van der Waals surface area contributed by atoms with Crippen molar-refractivity contribution >= 4 is 22.4 Å². The first-order valence-electron chi connectivity index (χ1n) is 8.85. The van der Waals surface area contributed by atoms with Crippen LogP contribution in [0, 0.1) is 0 Å². The van der Waals surface area contributed by atoms with Crippen molar-refractivity contribution in [2.24, 2.45) is 0 Å². The average Bonchev–Trinajstić information content (AvgIpc) is 3.19. The molecule has 0 N–H and O–H groups in total. The van der Waals surface area contributed by atoms with Crippen LogP contribution in [0.15, 0.2) is 41.8 Å². The number of thiophene rings is 1. The van der Waals surface area contributed by atoms with E-state index >= 15 is 0 Å². The van der Waals surface area contributed by atoms with E-state index in [-0.39, 0.29) is 0 Å². The maximum atomic E-state index is 4.89. The number of rotatable bonds is 9. The molecule has 3 rings (SSSR count). The molecule has 0 aliphatic heterocycles. The lowest BCUT2D eigenvalue weighted by Gasteiger charge is -2.09. The van der Waals surface area contributed by atoms with Crippen LogP contribution in [0.2, 0.25) is 0 Å². The second-order valence-corrected chi connectivity index (χ2v) is 7.22. The van der Waals surface area contributed by atoms with E-state index in [1.807, 2.05) is 11.3 Å². The normalized spacial score (nSPS) is 11.3. The summed E-state index contributed by atoms with van der Waals surface area (Å²) in [4.78, 5) is 6.28. The summed E-state index contributed by atoms with van der Waals surface area (Å²) in [7, 11) is 0. The first-order chi connectivity index (χ1) is 11.4.